The lowest BCUT2D eigenvalue weighted by molar-refractivity contribution is 0.0587. The third-order valence-corrected chi connectivity index (χ3v) is 5.09. The molecule has 2 atom stereocenters. The highest BCUT2D eigenvalue weighted by atomic mass is 17.0. The fourth-order valence-electron chi connectivity index (χ4n) is 3.81. The second-order valence-electron chi connectivity index (χ2n) is 7.28. The van der Waals surface area contributed by atoms with Crippen molar-refractivity contribution in [3.05, 3.63) is 23.8 Å². The molecule has 2 nitrogen and oxygen atoms in total. The van der Waals surface area contributed by atoms with Gasteiger partial charge < -0.3 is 0 Å². The van der Waals surface area contributed by atoms with E-state index in [1.54, 1.807) is 0 Å². The Bertz CT molecular complexity index is 555. The summed E-state index contributed by atoms with van der Waals surface area (Å²) < 4.78 is 9.96. The Hall–Kier alpha value is -1.18. The molecule has 1 aliphatic carbocycles. The number of unbranched alkanes of at least 4 members (excludes halogenated alkanes) is 1. The van der Waals surface area contributed by atoms with Gasteiger partial charge in [0.15, 0.2) is 0 Å². The van der Waals surface area contributed by atoms with E-state index in [0.717, 1.165) is 28.9 Å². The van der Waals surface area contributed by atoms with E-state index < -0.39 is 0 Å². The zero-order chi connectivity index (χ0) is 18.7. The normalized spacial score (nSPS) is 20.0. The molecule has 1 aliphatic rings. The first-order chi connectivity index (χ1) is 12.2. The molecule has 1 aromatic carbocycles. The molecule has 1 fully saturated rings. The van der Waals surface area contributed by atoms with Gasteiger partial charge >= 0.3 is 0 Å². The van der Waals surface area contributed by atoms with Crippen LogP contribution in [0.5, 0.6) is 0 Å². The molecule has 0 aliphatic heterocycles. The van der Waals surface area contributed by atoms with Crippen molar-refractivity contribution in [3.8, 4) is 0 Å². The van der Waals surface area contributed by atoms with Crippen LogP contribution in [0.2, 0.25) is 0 Å². The molecular formula is C23H42O2. The smallest absolute Gasteiger partial charge is 0.225 e. The number of rotatable bonds is 6. The fourth-order valence-corrected chi connectivity index (χ4v) is 3.81. The number of benzene rings is 1. The summed E-state index contributed by atoms with van der Waals surface area (Å²) in [6, 6.07) is 6.47. The first-order valence-corrected chi connectivity index (χ1v) is 10.7. The Morgan fingerprint density at radius 2 is 1.72 bits per heavy atom. The van der Waals surface area contributed by atoms with Crippen molar-refractivity contribution in [1.29, 1.82) is 0 Å². The highest BCUT2D eigenvalue weighted by Gasteiger charge is 2.23. The lowest BCUT2D eigenvalue weighted by atomic mass is 9.76. The molecule has 1 aromatic heterocycles. The van der Waals surface area contributed by atoms with Crippen molar-refractivity contribution in [1.82, 2.24) is 0 Å². The van der Waals surface area contributed by atoms with Crippen LogP contribution in [0.15, 0.2) is 27.4 Å². The molecule has 1 heterocycles. The van der Waals surface area contributed by atoms with E-state index in [1.807, 2.05) is 27.7 Å². The van der Waals surface area contributed by atoms with Crippen LogP contribution in [0.4, 0.5) is 0 Å². The van der Waals surface area contributed by atoms with Gasteiger partial charge in [0.05, 0.1) is 0 Å². The van der Waals surface area contributed by atoms with Gasteiger partial charge in [-0.25, -0.2) is 0 Å². The van der Waals surface area contributed by atoms with Gasteiger partial charge in [-0.1, -0.05) is 86.1 Å². The lowest BCUT2D eigenvalue weighted by Crippen LogP contribution is -2.14. The summed E-state index contributed by atoms with van der Waals surface area (Å²) in [7, 11) is 0. The predicted molar refractivity (Wildman–Crippen MR) is 111 cm³/mol. The fraction of sp³-hybridized carbons (Fsp3) is 0.739. The van der Waals surface area contributed by atoms with E-state index >= 15 is 0 Å². The highest BCUT2D eigenvalue weighted by Crippen LogP contribution is 2.39. The van der Waals surface area contributed by atoms with Crippen molar-refractivity contribution >= 4 is 11.2 Å². The van der Waals surface area contributed by atoms with Crippen LogP contribution in [0.1, 0.15) is 106 Å². The summed E-state index contributed by atoms with van der Waals surface area (Å²) in [5.41, 5.74) is 3.26. The molecular weight excluding hydrogens is 308 g/mol. The van der Waals surface area contributed by atoms with Crippen molar-refractivity contribution in [2.45, 2.75) is 98.8 Å². The standard InChI is InChI=1S/C19H28O2.2C2H6.H2/c1-14(2)6-3-4-7-15-8-5-9-16(12-15)17-10-11-18-19(13-17)21-20-18;2*1-2;/h10-11,13-16H,3-9,12H2,1-2H3;2*1-2H3;1H/t15?,16-;;;/m0.../s1. The molecule has 0 bridgehead atoms. The molecule has 0 amide bonds. The van der Waals surface area contributed by atoms with Crippen LogP contribution in [-0.4, -0.2) is 0 Å². The van der Waals surface area contributed by atoms with Crippen molar-refractivity contribution < 1.29 is 10.6 Å². The quantitative estimate of drug-likeness (QED) is 0.384. The Labute approximate surface area is 156 Å². The second kappa shape index (κ2) is 12.2. The monoisotopic (exact) mass is 350 g/mol. The van der Waals surface area contributed by atoms with E-state index in [1.165, 1.54) is 56.9 Å². The maximum Gasteiger partial charge on any atom is 0.225 e. The Morgan fingerprint density at radius 1 is 1.00 bits per heavy atom. The van der Waals surface area contributed by atoms with Gasteiger partial charge in [-0.05, 0) is 48.3 Å². The molecule has 25 heavy (non-hydrogen) atoms. The average Bonchev–Trinajstić information content (AvgIpc) is 2.63. The number of hydrogen-bond donors (Lipinski definition) is 0. The minimum Gasteiger partial charge on any atom is -0.286 e. The summed E-state index contributed by atoms with van der Waals surface area (Å²) in [6.07, 6.45) is 11.1. The molecule has 2 heteroatoms. The lowest BCUT2D eigenvalue weighted by Gasteiger charge is -2.29. The summed E-state index contributed by atoms with van der Waals surface area (Å²) >= 11 is 0. The van der Waals surface area contributed by atoms with Gasteiger partial charge in [0, 0.05) is 1.43 Å². The molecule has 2 aromatic rings. The van der Waals surface area contributed by atoms with Crippen LogP contribution < -0.4 is 0 Å². The topological polar surface area (TPSA) is 26.3 Å². The van der Waals surface area contributed by atoms with Crippen molar-refractivity contribution in [3.63, 3.8) is 0 Å². The highest BCUT2D eigenvalue weighted by molar-refractivity contribution is 5.71. The zero-order valence-electron chi connectivity index (χ0n) is 17.4. The van der Waals surface area contributed by atoms with Gasteiger partial charge in [0.2, 0.25) is 11.2 Å². The molecule has 3 rings (SSSR count). The maximum absolute atomic E-state index is 5.04. The van der Waals surface area contributed by atoms with E-state index in [2.05, 4.69) is 32.0 Å². The maximum atomic E-state index is 5.04. The first kappa shape index (κ1) is 21.9. The third-order valence-electron chi connectivity index (χ3n) is 5.09. The van der Waals surface area contributed by atoms with Crippen LogP contribution in [0, 0.1) is 11.8 Å². The summed E-state index contributed by atoms with van der Waals surface area (Å²) in [4.78, 5) is 0. The predicted octanol–water partition coefficient (Wildman–Crippen LogP) is 8.81. The molecule has 0 N–H and O–H groups in total. The Balaban J connectivity index is 0.00000117. The van der Waals surface area contributed by atoms with E-state index in [4.69, 9.17) is 9.15 Å². The molecule has 1 unspecified atom stereocenters. The third kappa shape index (κ3) is 6.92. The summed E-state index contributed by atoms with van der Waals surface area (Å²) in [6.45, 7) is 12.7. The van der Waals surface area contributed by atoms with Crippen LogP contribution in [-0.2, 0) is 0 Å². The average molecular weight is 351 g/mol. The van der Waals surface area contributed by atoms with Gasteiger partial charge in [-0.3, -0.25) is 9.15 Å². The van der Waals surface area contributed by atoms with Gasteiger partial charge in [-0.2, -0.15) is 0 Å². The number of fused-ring (bicyclic) bond motifs is 1. The van der Waals surface area contributed by atoms with Crippen LogP contribution in [0.25, 0.3) is 11.2 Å². The minimum atomic E-state index is 0. The summed E-state index contributed by atoms with van der Waals surface area (Å²) in [5, 5.41) is 0. The molecule has 0 radical (unpaired) electrons. The van der Waals surface area contributed by atoms with E-state index in [-0.39, 0.29) is 1.43 Å². The number of hydrogen-bond acceptors (Lipinski definition) is 2. The van der Waals surface area contributed by atoms with Gasteiger partial charge in [0.25, 0.3) is 0 Å². The van der Waals surface area contributed by atoms with Crippen molar-refractivity contribution in [2.75, 3.05) is 0 Å². The van der Waals surface area contributed by atoms with Gasteiger partial charge in [-0.15, -0.1) is 0 Å². The summed E-state index contributed by atoms with van der Waals surface area (Å²) in [5.74, 6) is 2.51. The first-order valence-electron chi connectivity index (χ1n) is 10.7. The van der Waals surface area contributed by atoms with Gasteiger partial charge in [0.1, 0.15) is 0 Å². The SMILES string of the molecule is CC.CC.CC(C)CCCCC1CCC[C@H](c2ccc3ooc3c2)C1.[HH]. The largest absolute Gasteiger partial charge is 0.286 e. The molecule has 0 saturated heterocycles. The van der Waals surface area contributed by atoms with E-state index in [0.29, 0.717) is 0 Å². The Morgan fingerprint density at radius 3 is 2.32 bits per heavy atom. The van der Waals surface area contributed by atoms with Crippen LogP contribution in [0.3, 0.4) is 0 Å². The molecule has 146 valence electrons. The van der Waals surface area contributed by atoms with E-state index in [9.17, 15) is 0 Å². The Kier molecular flexibility index (Phi) is 10.7. The molecule has 1 saturated carbocycles. The molecule has 0 spiro atoms. The minimum absolute atomic E-state index is 0. The van der Waals surface area contributed by atoms with Crippen molar-refractivity contribution in [2.24, 2.45) is 11.8 Å². The second-order valence-corrected chi connectivity index (χ2v) is 7.28. The zero-order valence-corrected chi connectivity index (χ0v) is 17.4. The van der Waals surface area contributed by atoms with Crippen LogP contribution >= 0.6 is 0 Å².